The summed E-state index contributed by atoms with van der Waals surface area (Å²) in [5.41, 5.74) is 1.96. The fourth-order valence-electron chi connectivity index (χ4n) is 2.08. The molecule has 0 unspecified atom stereocenters. The summed E-state index contributed by atoms with van der Waals surface area (Å²) in [5.74, 6) is 0.887. The van der Waals surface area contributed by atoms with Crippen LogP contribution >= 0.6 is 0 Å². The minimum atomic E-state index is -0.00810. The van der Waals surface area contributed by atoms with E-state index in [0.717, 1.165) is 16.9 Å². The van der Waals surface area contributed by atoms with Crippen LogP contribution in [0, 0.1) is 0 Å². The van der Waals surface area contributed by atoms with Crippen molar-refractivity contribution in [3.05, 3.63) is 54.4 Å². The van der Waals surface area contributed by atoms with Crippen LogP contribution < -0.4 is 0 Å². The first-order valence-corrected chi connectivity index (χ1v) is 6.45. The van der Waals surface area contributed by atoms with Crippen molar-refractivity contribution in [2.24, 2.45) is 7.05 Å². The van der Waals surface area contributed by atoms with Crippen molar-refractivity contribution in [3.63, 3.8) is 0 Å². The van der Waals surface area contributed by atoms with Gasteiger partial charge in [-0.1, -0.05) is 12.1 Å². The SMILES string of the molecule is Cn1ccnc1CCC(=O)c1cnc2ccccc2n1. The van der Waals surface area contributed by atoms with Crippen molar-refractivity contribution in [2.45, 2.75) is 12.8 Å². The third-order valence-corrected chi connectivity index (χ3v) is 3.23. The average Bonchev–Trinajstić information content (AvgIpc) is 2.89. The summed E-state index contributed by atoms with van der Waals surface area (Å²) in [6.07, 6.45) is 6.14. The molecule has 0 saturated carbocycles. The predicted molar refractivity (Wildman–Crippen MR) is 75.4 cm³/mol. The Morgan fingerprint density at radius 3 is 2.75 bits per heavy atom. The molecule has 0 aliphatic heterocycles. The second-order valence-electron chi connectivity index (χ2n) is 4.62. The lowest BCUT2D eigenvalue weighted by molar-refractivity contribution is 0.0977. The number of nitrogens with zero attached hydrogens (tertiary/aromatic N) is 4. The molecule has 0 amide bonds. The number of para-hydroxylation sites is 2. The molecule has 100 valence electrons. The average molecular weight is 266 g/mol. The zero-order chi connectivity index (χ0) is 13.9. The Labute approximate surface area is 116 Å². The summed E-state index contributed by atoms with van der Waals surface area (Å²) in [5, 5.41) is 0. The number of ketones is 1. The van der Waals surface area contributed by atoms with E-state index in [4.69, 9.17) is 0 Å². The normalized spacial score (nSPS) is 10.8. The van der Waals surface area contributed by atoms with Crippen LogP contribution in [0.4, 0.5) is 0 Å². The van der Waals surface area contributed by atoms with Crippen LogP contribution in [-0.2, 0) is 13.5 Å². The van der Waals surface area contributed by atoms with Gasteiger partial charge >= 0.3 is 0 Å². The van der Waals surface area contributed by atoms with Gasteiger partial charge in [0.1, 0.15) is 11.5 Å². The molecule has 0 fully saturated rings. The summed E-state index contributed by atoms with van der Waals surface area (Å²) in [4.78, 5) is 25.0. The summed E-state index contributed by atoms with van der Waals surface area (Å²) < 4.78 is 1.92. The number of aromatic nitrogens is 4. The Morgan fingerprint density at radius 1 is 1.20 bits per heavy atom. The first-order chi connectivity index (χ1) is 9.74. The fourth-order valence-corrected chi connectivity index (χ4v) is 2.08. The van der Waals surface area contributed by atoms with Crippen LogP contribution in [-0.4, -0.2) is 25.3 Å². The van der Waals surface area contributed by atoms with Gasteiger partial charge < -0.3 is 4.57 Å². The van der Waals surface area contributed by atoms with E-state index < -0.39 is 0 Å². The third kappa shape index (κ3) is 2.42. The van der Waals surface area contributed by atoms with Crippen LogP contribution in [0.3, 0.4) is 0 Å². The van der Waals surface area contributed by atoms with Crippen LogP contribution in [0.15, 0.2) is 42.9 Å². The topological polar surface area (TPSA) is 60.7 Å². The molecule has 0 spiro atoms. The number of hydrogen-bond acceptors (Lipinski definition) is 4. The predicted octanol–water partition coefficient (Wildman–Crippen LogP) is 2.18. The Morgan fingerprint density at radius 2 is 2.00 bits per heavy atom. The fraction of sp³-hybridized carbons (Fsp3) is 0.200. The molecule has 0 aliphatic carbocycles. The molecule has 5 heteroatoms. The molecule has 5 nitrogen and oxygen atoms in total. The van der Waals surface area contributed by atoms with Gasteiger partial charge in [-0.3, -0.25) is 9.78 Å². The first-order valence-electron chi connectivity index (χ1n) is 6.45. The van der Waals surface area contributed by atoms with Crippen LogP contribution in [0.1, 0.15) is 22.7 Å². The molecule has 0 bridgehead atoms. The van der Waals surface area contributed by atoms with E-state index in [1.54, 1.807) is 12.4 Å². The number of carbonyl (C=O) groups excluding carboxylic acids is 1. The van der Waals surface area contributed by atoms with Crippen LogP contribution in [0.5, 0.6) is 0 Å². The highest BCUT2D eigenvalue weighted by Crippen LogP contribution is 2.10. The van der Waals surface area contributed by atoms with Gasteiger partial charge in [0.05, 0.1) is 17.2 Å². The largest absolute Gasteiger partial charge is 0.338 e. The number of benzene rings is 1. The Balaban J connectivity index is 1.77. The lowest BCUT2D eigenvalue weighted by Gasteiger charge is -2.02. The molecule has 1 aromatic carbocycles. The molecular weight excluding hydrogens is 252 g/mol. The third-order valence-electron chi connectivity index (χ3n) is 3.23. The van der Waals surface area contributed by atoms with E-state index >= 15 is 0 Å². The van der Waals surface area contributed by atoms with E-state index in [9.17, 15) is 4.79 Å². The smallest absolute Gasteiger partial charge is 0.183 e. The Bertz CT molecular complexity index is 763. The Hall–Kier alpha value is -2.56. The molecule has 3 aromatic rings. The molecule has 0 saturated heterocycles. The van der Waals surface area contributed by atoms with E-state index in [-0.39, 0.29) is 5.78 Å². The van der Waals surface area contributed by atoms with Gasteiger partial charge in [-0.2, -0.15) is 0 Å². The van der Waals surface area contributed by atoms with Crippen molar-refractivity contribution in [3.8, 4) is 0 Å². The summed E-state index contributed by atoms with van der Waals surface area (Å²) in [6.45, 7) is 0. The van der Waals surface area contributed by atoms with Crippen molar-refractivity contribution in [2.75, 3.05) is 0 Å². The molecule has 0 N–H and O–H groups in total. The van der Waals surface area contributed by atoms with E-state index in [1.807, 2.05) is 42.1 Å². The van der Waals surface area contributed by atoms with Gasteiger partial charge in [0, 0.05) is 32.3 Å². The van der Waals surface area contributed by atoms with E-state index in [1.165, 1.54) is 0 Å². The number of hydrogen-bond donors (Lipinski definition) is 0. The molecule has 2 heterocycles. The van der Waals surface area contributed by atoms with Crippen molar-refractivity contribution in [1.29, 1.82) is 0 Å². The van der Waals surface area contributed by atoms with Crippen molar-refractivity contribution >= 4 is 16.8 Å². The van der Waals surface area contributed by atoms with Crippen molar-refractivity contribution < 1.29 is 4.79 Å². The minimum Gasteiger partial charge on any atom is -0.338 e. The standard InChI is InChI=1S/C15H14N4O/c1-19-9-8-16-15(19)7-6-14(20)13-10-17-11-4-2-3-5-12(11)18-13/h2-5,8-10H,6-7H2,1H3. The lowest BCUT2D eigenvalue weighted by Crippen LogP contribution is -2.07. The number of rotatable bonds is 4. The van der Waals surface area contributed by atoms with Crippen LogP contribution in [0.2, 0.25) is 0 Å². The lowest BCUT2D eigenvalue weighted by atomic mass is 10.1. The molecule has 0 atom stereocenters. The maximum absolute atomic E-state index is 12.2. The second-order valence-corrected chi connectivity index (χ2v) is 4.62. The van der Waals surface area contributed by atoms with E-state index in [2.05, 4.69) is 15.0 Å². The Kier molecular flexibility index (Phi) is 3.25. The van der Waals surface area contributed by atoms with Crippen LogP contribution in [0.25, 0.3) is 11.0 Å². The minimum absolute atomic E-state index is 0.00810. The summed E-state index contributed by atoms with van der Waals surface area (Å²) >= 11 is 0. The number of Topliss-reactive ketones (excluding diaryl/α,β-unsaturated/α-hetero) is 1. The summed E-state index contributed by atoms with van der Waals surface area (Å²) in [6, 6.07) is 7.53. The zero-order valence-corrected chi connectivity index (χ0v) is 11.2. The second kappa shape index (κ2) is 5.21. The number of imidazole rings is 1. The molecule has 3 rings (SSSR count). The quantitative estimate of drug-likeness (QED) is 0.679. The van der Waals surface area contributed by atoms with Gasteiger partial charge in [-0.05, 0) is 12.1 Å². The monoisotopic (exact) mass is 266 g/mol. The number of aryl methyl sites for hydroxylation is 2. The van der Waals surface area contributed by atoms with Gasteiger partial charge in [0.15, 0.2) is 5.78 Å². The molecule has 0 aliphatic rings. The molecule has 20 heavy (non-hydrogen) atoms. The maximum Gasteiger partial charge on any atom is 0.183 e. The molecule has 2 aromatic heterocycles. The molecule has 0 radical (unpaired) electrons. The highest BCUT2D eigenvalue weighted by Gasteiger charge is 2.10. The van der Waals surface area contributed by atoms with E-state index in [0.29, 0.717) is 18.5 Å². The maximum atomic E-state index is 12.2. The zero-order valence-electron chi connectivity index (χ0n) is 11.2. The first kappa shape index (κ1) is 12.5. The molecular formula is C15H14N4O. The van der Waals surface area contributed by atoms with Gasteiger partial charge in [0.2, 0.25) is 0 Å². The highest BCUT2D eigenvalue weighted by molar-refractivity contribution is 5.95. The van der Waals surface area contributed by atoms with Gasteiger partial charge in [-0.15, -0.1) is 0 Å². The highest BCUT2D eigenvalue weighted by atomic mass is 16.1. The number of carbonyl (C=O) groups is 1. The van der Waals surface area contributed by atoms with Gasteiger partial charge in [0.25, 0.3) is 0 Å². The van der Waals surface area contributed by atoms with Gasteiger partial charge in [-0.25, -0.2) is 9.97 Å². The van der Waals surface area contributed by atoms with Crippen molar-refractivity contribution in [1.82, 2.24) is 19.5 Å². The number of fused-ring (bicyclic) bond motifs is 1. The summed E-state index contributed by atoms with van der Waals surface area (Å²) in [7, 11) is 1.92.